The minimum Gasteiger partial charge on any atom is -0.374 e. The van der Waals surface area contributed by atoms with Crippen molar-refractivity contribution in [3.8, 4) is 0 Å². The van der Waals surface area contributed by atoms with Gasteiger partial charge in [-0.05, 0) is 36.8 Å². The summed E-state index contributed by atoms with van der Waals surface area (Å²) >= 11 is 0. The number of nitrogens with zero attached hydrogens (tertiary/aromatic N) is 1. The van der Waals surface area contributed by atoms with Crippen LogP contribution in [0.2, 0.25) is 0 Å². The second-order valence-corrected chi connectivity index (χ2v) is 6.02. The molecular formula is C16H24N2O. The number of hydrogen-bond donors (Lipinski definition) is 1. The van der Waals surface area contributed by atoms with Crippen molar-refractivity contribution in [1.29, 1.82) is 0 Å². The number of morpholine rings is 1. The van der Waals surface area contributed by atoms with Crippen molar-refractivity contribution >= 4 is 0 Å². The molecule has 1 aliphatic heterocycles. The third kappa shape index (κ3) is 3.35. The molecule has 2 fully saturated rings. The first-order chi connectivity index (χ1) is 9.22. The number of nitrogens with two attached hydrogens (primary N) is 1. The molecule has 1 saturated carbocycles. The molecule has 3 nitrogen and oxygen atoms in total. The minimum atomic E-state index is 0.111. The Labute approximate surface area is 115 Å². The van der Waals surface area contributed by atoms with Crippen LogP contribution in [0.25, 0.3) is 0 Å². The van der Waals surface area contributed by atoms with Crippen molar-refractivity contribution < 1.29 is 4.74 Å². The molecule has 1 aliphatic carbocycles. The normalized spacial score (nSPS) is 26.3. The van der Waals surface area contributed by atoms with Gasteiger partial charge in [0.15, 0.2) is 0 Å². The highest BCUT2D eigenvalue weighted by Gasteiger charge is 2.24. The van der Waals surface area contributed by atoms with Crippen molar-refractivity contribution in [3.05, 3.63) is 35.4 Å². The number of rotatable bonds is 4. The smallest absolute Gasteiger partial charge is 0.0850 e. The van der Waals surface area contributed by atoms with Crippen LogP contribution in [-0.4, -0.2) is 36.7 Å². The zero-order valence-electron chi connectivity index (χ0n) is 11.7. The summed E-state index contributed by atoms with van der Waals surface area (Å²) in [7, 11) is 0. The molecule has 0 spiro atoms. The van der Waals surface area contributed by atoms with Crippen LogP contribution in [0.4, 0.5) is 0 Å². The van der Waals surface area contributed by atoms with E-state index in [0.29, 0.717) is 0 Å². The molecule has 2 unspecified atom stereocenters. The molecule has 0 bridgehead atoms. The maximum absolute atomic E-state index is 5.93. The van der Waals surface area contributed by atoms with Crippen LogP contribution in [0.15, 0.2) is 24.3 Å². The molecule has 1 heterocycles. The van der Waals surface area contributed by atoms with Gasteiger partial charge >= 0.3 is 0 Å². The van der Waals surface area contributed by atoms with E-state index in [1.54, 1.807) is 0 Å². The Balaban J connectivity index is 1.57. The third-order valence-electron chi connectivity index (χ3n) is 4.20. The van der Waals surface area contributed by atoms with Gasteiger partial charge in [0, 0.05) is 25.7 Å². The van der Waals surface area contributed by atoms with Crippen molar-refractivity contribution in [2.24, 2.45) is 5.73 Å². The molecule has 1 aromatic rings. The molecule has 3 heteroatoms. The monoisotopic (exact) mass is 260 g/mol. The van der Waals surface area contributed by atoms with Gasteiger partial charge in [-0.3, -0.25) is 4.90 Å². The number of ether oxygens (including phenoxy) is 1. The Kier molecular flexibility index (Phi) is 3.87. The van der Waals surface area contributed by atoms with Crippen LogP contribution in [0, 0.1) is 0 Å². The molecule has 0 aromatic heterocycles. The quantitative estimate of drug-likeness (QED) is 0.901. The lowest BCUT2D eigenvalue weighted by molar-refractivity contribution is -0.0403. The minimum absolute atomic E-state index is 0.111. The summed E-state index contributed by atoms with van der Waals surface area (Å²) < 4.78 is 5.70. The van der Waals surface area contributed by atoms with Gasteiger partial charge in [0.1, 0.15) is 0 Å². The first-order valence-corrected chi connectivity index (χ1v) is 7.41. The SMILES string of the molecule is CC(N)C1CN(Cc2ccc(C3CC3)cc2)CCO1. The summed E-state index contributed by atoms with van der Waals surface area (Å²) in [6.07, 6.45) is 2.93. The van der Waals surface area contributed by atoms with Crippen LogP contribution >= 0.6 is 0 Å². The van der Waals surface area contributed by atoms with E-state index < -0.39 is 0 Å². The standard InChI is InChI=1S/C16H24N2O/c1-12(17)16-11-18(8-9-19-16)10-13-2-4-14(5-3-13)15-6-7-15/h2-5,12,15-16H,6-11,17H2,1H3. The molecular weight excluding hydrogens is 236 g/mol. The van der Waals surface area contributed by atoms with Crippen LogP contribution < -0.4 is 5.73 Å². The molecule has 2 aliphatic rings. The molecule has 3 rings (SSSR count). The fourth-order valence-corrected chi connectivity index (χ4v) is 2.76. The van der Waals surface area contributed by atoms with Crippen molar-refractivity contribution in [2.45, 2.75) is 44.4 Å². The maximum Gasteiger partial charge on any atom is 0.0850 e. The zero-order valence-corrected chi connectivity index (χ0v) is 11.7. The largest absolute Gasteiger partial charge is 0.374 e. The Morgan fingerprint density at radius 2 is 2.05 bits per heavy atom. The molecule has 0 amide bonds. The van der Waals surface area contributed by atoms with E-state index in [1.165, 1.54) is 24.0 Å². The molecule has 0 radical (unpaired) electrons. The van der Waals surface area contributed by atoms with Gasteiger partial charge in [-0.15, -0.1) is 0 Å². The van der Waals surface area contributed by atoms with Crippen LogP contribution in [0.3, 0.4) is 0 Å². The van der Waals surface area contributed by atoms with Crippen molar-refractivity contribution in [3.63, 3.8) is 0 Å². The Bertz CT molecular complexity index is 411. The summed E-state index contributed by atoms with van der Waals surface area (Å²) in [5, 5.41) is 0. The topological polar surface area (TPSA) is 38.5 Å². The zero-order chi connectivity index (χ0) is 13.2. The second-order valence-electron chi connectivity index (χ2n) is 6.02. The number of hydrogen-bond acceptors (Lipinski definition) is 3. The Morgan fingerprint density at radius 1 is 1.32 bits per heavy atom. The molecule has 2 atom stereocenters. The van der Waals surface area contributed by atoms with E-state index in [4.69, 9.17) is 10.5 Å². The fraction of sp³-hybridized carbons (Fsp3) is 0.625. The lowest BCUT2D eigenvalue weighted by atomic mass is 10.1. The van der Waals surface area contributed by atoms with Gasteiger partial charge in [-0.2, -0.15) is 0 Å². The fourth-order valence-electron chi connectivity index (χ4n) is 2.76. The molecule has 104 valence electrons. The van der Waals surface area contributed by atoms with Gasteiger partial charge in [-0.1, -0.05) is 24.3 Å². The van der Waals surface area contributed by atoms with E-state index >= 15 is 0 Å². The average molecular weight is 260 g/mol. The Hall–Kier alpha value is -0.900. The highest BCUT2D eigenvalue weighted by Crippen LogP contribution is 2.39. The van der Waals surface area contributed by atoms with E-state index in [1.807, 2.05) is 6.92 Å². The van der Waals surface area contributed by atoms with Gasteiger partial charge < -0.3 is 10.5 Å². The highest BCUT2D eigenvalue weighted by atomic mass is 16.5. The van der Waals surface area contributed by atoms with Crippen LogP contribution in [-0.2, 0) is 11.3 Å². The van der Waals surface area contributed by atoms with E-state index in [-0.39, 0.29) is 12.1 Å². The maximum atomic E-state index is 5.93. The highest BCUT2D eigenvalue weighted by molar-refractivity contribution is 5.28. The lowest BCUT2D eigenvalue weighted by Gasteiger charge is -2.34. The average Bonchev–Trinajstić information content (AvgIpc) is 3.24. The summed E-state index contributed by atoms with van der Waals surface area (Å²) in [4.78, 5) is 2.45. The number of benzene rings is 1. The molecule has 19 heavy (non-hydrogen) atoms. The van der Waals surface area contributed by atoms with E-state index in [0.717, 1.165) is 32.2 Å². The summed E-state index contributed by atoms with van der Waals surface area (Å²) in [6.45, 7) is 5.79. The van der Waals surface area contributed by atoms with Crippen LogP contribution in [0.1, 0.15) is 36.8 Å². The Morgan fingerprint density at radius 3 is 2.68 bits per heavy atom. The molecule has 1 saturated heterocycles. The first kappa shape index (κ1) is 13.1. The van der Waals surface area contributed by atoms with Gasteiger partial charge in [0.05, 0.1) is 12.7 Å². The second kappa shape index (κ2) is 5.61. The van der Waals surface area contributed by atoms with E-state index in [2.05, 4.69) is 29.2 Å². The molecule has 2 N–H and O–H groups in total. The van der Waals surface area contributed by atoms with Gasteiger partial charge in [-0.25, -0.2) is 0 Å². The van der Waals surface area contributed by atoms with Gasteiger partial charge in [0.2, 0.25) is 0 Å². The molecule has 1 aromatic carbocycles. The van der Waals surface area contributed by atoms with Gasteiger partial charge in [0.25, 0.3) is 0 Å². The first-order valence-electron chi connectivity index (χ1n) is 7.41. The van der Waals surface area contributed by atoms with Crippen LogP contribution in [0.5, 0.6) is 0 Å². The van der Waals surface area contributed by atoms with Crippen molar-refractivity contribution in [2.75, 3.05) is 19.7 Å². The lowest BCUT2D eigenvalue weighted by Crippen LogP contribution is -2.49. The van der Waals surface area contributed by atoms with E-state index in [9.17, 15) is 0 Å². The summed E-state index contributed by atoms with van der Waals surface area (Å²) in [5.74, 6) is 0.847. The summed E-state index contributed by atoms with van der Waals surface area (Å²) in [6, 6.07) is 9.28. The predicted octanol–water partition coefficient (Wildman–Crippen LogP) is 2.11. The summed E-state index contributed by atoms with van der Waals surface area (Å²) in [5.41, 5.74) is 8.84. The third-order valence-corrected chi connectivity index (χ3v) is 4.20. The predicted molar refractivity (Wildman–Crippen MR) is 77.1 cm³/mol. The van der Waals surface area contributed by atoms with Crippen molar-refractivity contribution in [1.82, 2.24) is 4.90 Å².